The summed E-state index contributed by atoms with van der Waals surface area (Å²) in [6.45, 7) is 4.68. The minimum absolute atomic E-state index is 0.0923. The molecule has 1 aliphatic heterocycles. The number of rotatable bonds is 9. The molecule has 0 saturated carbocycles. The molecule has 1 atom stereocenters. The van der Waals surface area contributed by atoms with E-state index >= 15 is 0 Å². The Balaban J connectivity index is 1.26. The van der Waals surface area contributed by atoms with Crippen LogP contribution in [0.4, 0.5) is 11.4 Å². The fourth-order valence-electron chi connectivity index (χ4n) is 4.15. The molecule has 0 spiro atoms. The Bertz CT molecular complexity index is 1280. The third-order valence-electron chi connectivity index (χ3n) is 6.35. The predicted octanol–water partition coefficient (Wildman–Crippen LogP) is 5.01. The third kappa shape index (κ3) is 6.98. The summed E-state index contributed by atoms with van der Waals surface area (Å²) in [5, 5.41) is 5.76. The lowest BCUT2D eigenvalue weighted by atomic mass is 10.1. The number of halogens is 1. The van der Waals surface area contributed by atoms with Crippen LogP contribution < -0.4 is 20.3 Å². The number of hydrogen-bond donors (Lipinski definition) is 2. The van der Waals surface area contributed by atoms with Crippen molar-refractivity contribution < 1.29 is 19.1 Å². The van der Waals surface area contributed by atoms with E-state index in [1.54, 1.807) is 29.2 Å². The van der Waals surface area contributed by atoms with Crippen LogP contribution >= 0.6 is 15.9 Å². The number of aryl methyl sites for hydroxylation is 2. The van der Waals surface area contributed by atoms with Crippen LogP contribution in [0.15, 0.2) is 71.2 Å². The van der Waals surface area contributed by atoms with Gasteiger partial charge in [0.25, 0.3) is 5.91 Å². The molecule has 2 N–H and O–H groups in total. The molecule has 1 fully saturated rings. The van der Waals surface area contributed by atoms with Gasteiger partial charge in [-0.15, -0.1) is 0 Å². The van der Waals surface area contributed by atoms with E-state index in [-0.39, 0.29) is 30.7 Å². The highest BCUT2D eigenvalue weighted by atomic mass is 79.9. The molecule has 3 aromatic rings. The van der Waals surface area contributed by atoms with E-state index < -0.39 is 5.92 Å². The van der Waals surface area contributed by atoms with Crippen LogP contribution in [0.5, 0.6) is 5.75 Å². The standard InChI is InChI=1S/C29H30BrN3O4/c1-3-20-4-6-21(7-5-20)16-31-29(36)22-15-28(35)33(17-22)24-9-11-25(12-10-24)37-18-27(34)32-23-8-13-26(30)19(2)14-23/h4-14,22H,3,15-18H2,1-2H3,(H,31,36)(H,32,34)/t22-/m1/s1. The zero-order chi connectivity index (χ0) is 26.4. The van der Waals surface area contributed by atoms with Crippen molar-refractivity contribution in [2.75, 3.05) is 23.4 Å². The van der Waals surface area contributed by atoms with Crippen molar-refractivity contribution in [2.24, 2.45) is 5.92 Å². The number of nitrogens with one attached hydrogen (secondary N) is 2. The van der Waals surface area contributed by atoms with Gasteiger partial charge in [0.05, 0.1) is 5.92 Å². The molecule has 192 valence electrons. The topological polar surface area (TPSA) is 87.7 Å². The van der Waals surface area contributed by atoms with Gasteiger partial charge in [-0.25, -0.2) is 0 Å². The van der Waals surface area contributed by atoms with Crippen LogP contribution in [-0.2, 0) is 27.3 Å². The first kappa shape index (κ1) is 26.4. The van der Waals surface area contributed by atoms with Gasteiger partial charge >= 0.3 is 0 Å². The molecule has 0 radical (unpaired) electrons. The average molecular weight is 564 g/mol. The molecule has 4 rings (SSSR count). The first-order valence-corrected chi connectivity index (χ1v) is 13.1. The van der Waals surface area contributed by atoms with Crippen LogP contribution in [0.1, 0.15) is 30.0 Å². The Hall–Kier alpha value is -3.65. The van der Waals surface area contributed by atoms with Crippen LogP contribution in [0, 0.1) is 12.8 Å². The van der Waals surface area contributed by atoms with Gasteiger partial charge in [-0.2, -0.15) is 0 Å². The Morgan fingerprint density at radius 1 is 1.03 bits per heavy atom. The number of benzene rings is 3. The number of hydrogen-bond acceptors (Lipinski definition) is 4. The molecule has 1 heterocycles. The minimum atomic E-state index is -0.399. The van der Waals surface area contributed by atoms with Gasteiger partial charge < -0.3 is 20.3 Å². The molecule has 37 heavy (non-hydrogen) atoms. The molecule has 0 aliphatic carbocycles. The van der Waals surface area contributed by atoms with Crippen molar-refractivity contribution >= 4 is 45.0 Å². The van der Waals surface area contributed by atoms with Crippen molar-refractivity contribution in [3.05, 3.63) is 87.9 Å². The smallest absolute Gasteiger partial charge is 0.262 e. The summed E-state index contributed by atoms with van der Waals surface area (Å²) < 4.78 is 6.57. The largest absolute Gasteiger partial charge is 0.484 e. The van der Waals surface area contributed by atoms with Gasteiger partial charge in [0.1, 0.15) is 5.75 Å². The SMILES string of the molecule is CCc1ccc(CNC(=O)[C@@H]2CC(=O)N(c3ccc(OCC(=O)Nc4ccc(Br)c(C)c4)cc3)C2)cc1. The van der Waals surface area contributed by atoms with E-state index in [0.29, 0.717) is 30.2 Å². The highest BCUT2D eigenvalue weighted by molar-refractivity contribution is 9.10. The van der Waals surface area contributed by atoms with Crippen LogP contribution in [0.2, 0.25) is 0 Å². The van der Waals surface area contributed by atoms with Gasteiger partial charge in [0.2, 0.25) is 11.8 Å². The summed E-state index contributed by atoms with van der Waals surface area (Å²) in [6.07, 6.45) is 1.15. The van der Waals surface area contributed by atoms with Crippen LogP contribution in [0.25, 0.3) is 0 Å². The second-order valence-corrected chi connectivity index (χ2v) is 9.94. The van der Waals surface area contributed by atoms with E-state index in [9.17, 15) is 14.4 Å². The van der Waals surface area contributed by atoms with Crippen molar-refractivity contribution in [1.82, 2.24) is 5.32 Å². The van der Waals surface area contributed by atoms with Gasteiger partial charge in [0, 0.05) is 35.4 Å². The van der Waals surface area contributed by atoms with Gasteiger partial charge in [-0.3, -0.25) is 14.4 Å². The molecule has 3 aromatic carbocycles. The Morgan fingerprint density at radius 3 is 2.41 bits per heavy atom. The van der Waals surface area contributed by atoms with Gasteiger partial charge in [-0.1, -0.05) is 47.1 Å². The fraction of sp³-hybridized carbons (Fsp3) is 0.276. The van der Waals surface area contributed by atoms with Crippen LogP contribution in [-0.4, -0.2) is 30.9 Å². The summed E-state index contributed by atoms with van der Waals surface area (Å²) >= 11 is 3.44. The fourth-order valence-corrected chi connectivity index (χ4v) is 4.40. The molecule has 8 heteroatoms. The maximum atomic E-state index is 12.7. The summed E-state index contributed by atoms with van der Waals surface area (Å²) in [7, 11) is 0. The number of carbonyl (C=O) groups excluding carboxylic acids is 3. The first-order valence-electron chi connectivity index (χ1n) is 12.3. The lowest BCUT2D eigenvalue weighted by Gasteiger charge is -2.17. The molecule has 0 unspecified atom stereocenters. The second-order valence-electron chi connectivity index (χ2n) is 9.09. The molecular formula is C29H30BrN3O4. The number of anilines is 2. The molecule has 3 amide bonds. The molecular weight excluding hydrogens is 534 g/mol. The Kier molecular flexibility index (Phi) is 8.61. The highest BCUT2D eigenvalue weighted by Crippen LogP contribution is 2.27. The summed E-state index contributed by atoms with van der Waals surface area (Å²) in [5.74, 6) is -0.367. The second kappa shape index (κ2) is 12.1. The zero-order valence-corrected chi connectivity index (χ0v) is 22.5. The number of amides is 3. The molecule has 0 bridgehead atoms. The molecule has 1 aliphatic rings. The lowest BCUT2D eigenvalue weighted by Crippen LogP contribution is -2.32. The zero-order valence-electron chi connectivity index (χ0n) is 20.9. The first-order chi connectivity index (χ1) is 17.8. The highest BCUT2D eigenvalue weighted by Gasteiger charge is 2.35. The number of ether oxygens (including phenoxy) is 1. The normalized spacial score (nSPS) is 14.9. The van der Waals surface area contributed by atoms with Crippen LogP contribution in [0.3, 0.4) is 0 Å². The molecule has 7 nitrogen and oxygen atoms in total. The van der Waals surface area contributed by atoms with E-state index in [1.807, 2.05) is 37.3 Å². The average Bonchev–Trinajstić information content (AvgIpc) is 3.30. The quantitative estimate of drug-likeness (QED) is 0.383. The summed E-state index contributed by atoms with van der Waals surface area (Å²) in [6, 6.07) is 20.7. The number of carbonyl (C=O) groups is 3. The van der Waals surface area contributed by atoms with E-state index in [4.69, 9.17) is 4.74 Å². The van der Waals surface area contributed by atoms with Gasteiger partial charge in [-0.05, 0) is 72.5 Å². The van der Waals surface area contributed by atoms with Crippen molar-refractivity contribution in [3.63, 3.8) is 0 Å². The Morgan fingerprint density at radius 2 is 1.73 bits per heavy atom. The third-order valence-corrected chi connectivity index (χ3v) is 7.24. The van der Waals surface area contributed by atoms with Gasteiger partial charge in [0.15, 0.2) is 6.61 Å². The lowest BCUT2D eigenvalue weighted by molar-refractivity contribution is -0.126. The molecule has 1 saturated heterocycles. The maximum Gasteiger partial charge on any atom is 0.262 e. The van der Waals surface area contributed by atoms with E-state index in [0.717, 1.165) is 22.0 Å². The van der Waals surface area contributed by atoms with Crippen molar-refractivity contribution in [1.29, 1.82) is 0 Å². The monoisotopic (exact) mass is 563 g/mol. The van der Waals surface area contributed by atoms with E-state index in [1.165, 1.54) is 5.56 Å². The Labute approximate surface area is 225 Å². The minimum Gasteiger partial charge on any atom is -0.484 e. The van der Waals surface area contributed by atoms with E-state index in [2.05, 4.69) is 45.6 Å². The van der Waals surface area contributed by atoms with Crippen molar-refractivity contribution in [2.45, 2.75) is 33.2 Å². The number of nitrogens with zero attached hydrogens (tertiary/aromatic N) is 1. The summed E-state index contributed by atoms with van der Waals surface area (Å²) in [5.41, 5.74) is 4.69. The van der Waals surface area contributed by atoms with Crippen molar-refractivity contribution in [3.8, 4) is 5.75 Å². The summed E-state index contributed by atoms with van der Waals surface area (Å²) in [4.78, 5) is 39.1. The predicted molar refractivity (Wildman–Crippen MR) is 148 cm³/mol. The molecule has 0 aromatic heterocycles. The maximum absolute atomic E-state index is 12.7.